The molecule has 0 bridgehead atoms. The van der Waals surface area contributed by atoms with E-state index >= 15 is 0 Å². The number of alkyl halides is 3. The summed E-state index contributed by atoms with van der Waals surface area (Å²) in [6.07, 6.45) is -3.95. The number of carbonyl (C=O) groups excluding carboxylic acids is 1. The molecular weight excluding hydrogens is 281 g/mol. The third-order valence-electron chi connectivity index (χ3n) is 1.99. The lowest BCUT2D eigenvalue weighted by Gasteiger charge is -2.11. The first-order chi connectivity index (χ1) is 9.25. The normalized spacial score (nSPS) is 10.8. The fourth-order valence-electron chi connectivity index (χ4n) is 1.17. The average molecular weight is 290 g/mol. The average Bonchev–Trinajstić information content (AvgIpc) is 2.35. The molecule has 1 amide bonds. The van der Waals surface area contributed by atoms with E-state index in [0.717, 1.165) is 0 Å². The summed E-state index contributed by atoms with van der Waals surface area (Å²) < 4.78 is 41.8. The highest BCUT2D eigenvalue weighted by molar-refractivity contribution is 5.98. The van der Waals surface area contributed by atoms with Crippen molar-refractivity contribution < 1.29 is 32.6 Å². The van der Waals surface area contributed by atoms with Crippen LogP contribution in [0.4, 0.5) is 23.7 Å². The Hall–Kier alpha value is -2.58. The van der Waals surface area contributed by atoms with Crippen molar-refractivity contribution in [3.63, 3.8) is 0 Å². The molecule has 0 radical (unpaired) electrons. The summed E-state index contributed by atoms with van der Waals surface area (Å²) in [5.41, 5.74) is -2.53. The van der Waals surface area contributed by atoms with E-state index in [1.807, 2.05) is 5.32 Å². The standard InChI is InChI=1S/C11H9F3N2O4/c1-2-3-20-10(19)16-7-5-15-8(11(12,13)14)4-6(7)9(17)18/h2,4-5H,1,3H2,(H,16,19)(H,17,18). The van der Waals surface area contributed by atoms with Gasteiger partial charge < -0.3 is 9.84 Å². The van der Waals surface area contributed by atoms with Gasteiger partial charge in [0.1, 0.15) is 12.3 Å². The van der Waals surface area contributed by atoms with Crippen LogP contribution in [0.15, 0.2) is 24.9 Å². The highest BCUT2D eigenvalue weighted by atomic mass is 19.4. The zero-order valence-corrected chi connectivity index (χ0v) is 9.90. The lowest BCUT2D eigenvalue weighted by atomic mass is 10.2. The number of rotatable bonds is 4. The van der Waals surface area contributed by atoms with Crippen LogP contribution in [-0.2, 0) is 10.9 Å². The largest absolute Gasteiger partial charge is 0.478 e. The summed E-state index contributed by atoms with van der Waals surface area (Å²) in [6, 6.07) is 0.325. The first-order valence-electron chi connectivity index (χ1n) is 5.11. The molecule has 1 rings (SSSR count). The van der Waals surface area contributed by atoms with Gasteiger partial charge in [-0.25, -0.2) is 14.6 Å². The quantitative estimate of drug-likeness (QED) is 0.832. The van der Waals surface area contributed by atoms with Gasteiger partial charge in [-0.3, -0.25) is 5.32 Å². The van der Waals surface area contributed by atoms with Gasteiger partial charge in [0, 0.05) is 0 Å². The molecule has 0 aromatic carbocycles. The van der Waals surface area contributed by atoms with Gasteiger partial charge in [0.25, 0.3) is 0 Å². The monoisotopic (exact) mass is 290 g/mol. The number of nitrogens with zero attached hydrogens (tertiary/aromatic N) is 1. The maximum Gasteiger partial charge on any atom is 0.433 e. The van der Waals surface area contributed by atoms with Gasteiger partial charge in [-0.1, -0.05) is 12.7 Å². The van der Waals surface area contributed by atoms with Crippen LogP contribution in [0.5, 0.6) is 0 Å². The number of halogens is 3. The molecule has 1 heterocycles. The van der Waals surface area contributed by atoms with Gasteiger partial charge >= 0.3 is 18.2 Å². The molecular formula is C11H9F3N2O4. The Morgan fingerprint density at radius 2 is 2.15 bits per heavy atom. The Labute approximate surface area is 110 Å². The molecule has 0 fully saturated rings. The Morgan fingerprint density at radius 3 is 2.65 bits per heavy atom. The molecule has 0 saturated heterocycles. The van der Waals surface area contributed by atoms with E-state index in [0.29, 0.717) is 12.3 Å². The van der Waals surface area contributed by atoms with Crippen molar-refractivity contribution in [2.45, 2.75) is 6.18 Å². The third-order valence-corrected chi connectivity index (χ3v) is 1.99. The number of carboxylic acid groups (broad SMARTS) is 1. The van der Waals surface area contributed by atoms with Crippen LogP contribution >= 0.6 is 0 Å². The van der Waals surface area contributed by atoms with E-state index in [9.17, 15) is 22.8 Å². The van der Waals surface area contributed by atoms with Crippen molar-refractivity contribution >= 4 is 17.7 Å². The molecule has 1 aromatic heterocycles. The van der Waals surface area contributed by atoms with Crippen molar-refractivity contribution in [1.29, 1.82) is 0 Å². The minimum atomic E-state index is -4.79. The number of anilines is 1. The minimum absolute atomic E-state index is 0.137. The molecule has 2 N–H and O–H groups in total. The van der Waals surface area contributed by atoms with Crippen LogP contribution < -0.4 is 5.32 Å². The number of hydrogen-bond acceptors (Lipinski definition) is 4. The van der Waals surface area contributed by atoms with E-state index in [2.05, 4.69) is 16.3 Å². The Bertz CT molecular complexity index is 543. The van der Waals surface area contributed by atoms with E-state index in [1.165, 1.54) is 6.08 Å². The maximum atomic E-state index is 12.4. The van der Waals surface area contributed by atoms with Gasteiger partial charge in [-0.2, -0.15) is 13.2 Å². The molecule has 0 aliphatic rings. The number of carboxylic acids is 1. The number of ether oxygens (including phenoxy) is 1. The Kier molecular flexibility index (Phi) is 4.68. The Balaban J connectivity index is 3.05. The van der Waals surface area contributed by atoms with Crippen LogP contribution in [0.2, 0.25) is 0 Å². The zero-order chi connectivity index (χ0) is 15.3. The summed E-state index contributed by atoms with van der Waals surface area (Å²) in [6.45, 7) is 3.15. The van der Waals surface area contributed by atoms with Gasteiger partial charge in [0.15, 0.2) is 0 Å². The number of carbonyl (C=O) groups is 2. The van der Waals surface area contributed by atoms with Crippen molar-refractivity contribution in [3.05, 3.63) is 36.2 Å². The summed E-state index contributed by atoms with van der Waals surface area (Å²) in [7, 11) is 0. The third kappa shape index (κ3) is 3.97. The minimum Gasteiger partial charge on any atom is -0.478 e. The second kappa shape index (κ2) is 6.04. The van der Waals surface area contributed by atoms with Gasteiger partial charge in [-0.15, -0.1) is 0 Å². The number of nitrogens with one attached hydrogen (secondary N) is 1. The predicted molar refractivity (Wildman–Crippen MR) is 61.4 cm³/mol. The van der Waals surface area contributed by atoms with Crippen LogP contribution in [0.1, 0.15) is 16.1 Å². The highest BCUT2D eigenvalue weighted by Gasteiger charge is 2.34. The maximum absolute atomic E-state index is 12.4. The van der Waals surface area contributed by atoms with Crippen LogP contribution in [0.3, 0.4) is 0 Å². The lowest BCUT2D eigenvalue weighted by Crippen LogP contribution is -2.18. The molecule has 0 unspecified atom stereocenters. The second-order valence-corrected chi connectivity index (χ2v) is 3.43. The number of aromatic carboxylic acids is 1. The molecule has 108 valence electrons. The number of hydrogen-bond donors (Lipinski definition) is 2. The molecule has 0 spiro atoms. The van der Waals surface area contributed by atoms with Crippen molar-refractivity contribution in [3.8, 4) is 0 Å². The Morgan fingerprint density at radius 1 is 1.50 bits per heavy atom. The van der Waals surface area contributed by atoms with Crippen LogP contribution in [0, 0.1) is 0 Å². The summed E-state index contributed by atoms with van der Waals surface area (Å²) in [5, 5.41) is 10.8. The SMILES string of the molecule is C=CCOC(=O)Nc1cnc(C(F)(F)F)cc1C(=O)O. The molecule has 0 atom stereocenters. The van der Waals surface area contributed by atoms with Crippen LogP contribution in [0.25, 0.3) is 0 Å². The summed E-state index contributed by atoms with van der Waals surface area (Å²) in [5.74, 6) is -1.64. The smallest absolute Gasteiger partial charge is 0.433 e. The van der Waals surface area contributed by atoms with E-state index < -0.39 is 35.2 Å². The molecule has 20 heavy (non-hydrogen) atoms. The number of aromatic nitrogens is 1. The van der Waals surface area contributed by atoms with E-state index in [1.54, 1.807) is 0 Å². The first-order valence-corrected chi connectivity index (χ1v) is 5.11. The fourth-order valence-corrected chi connectivity index (χ4v) is 1.17. The van der Waals surface area contributed by atoms with Crippen molar-refractivity contribution in [2.24, 2.45) is 0 Å². The lowest BCUT2D eigenvalue weighted by molar-refractivity contribution is -0.141. The second-order valence-electron chi connectivity index (χ2n) is 3.43. The number of amides is 1. The topological polar surface area (TPSA) is 88.5 Å². The van der Waals surface area contributed by atoms with E-state index in [-0.39, 0.29) is 6.61 Å². The summed E-state index contributed by atoms with van der Waals surface area (Å²) >= 11 is 0. The molecule has 1 aromatic rings. The van der Waals surface area contributed by atoms with Crippen molar-refractivity contribution in [2.75, 3.05) is 11.9 Å². The summed E-state index contributed by atoms with van der Waals surface area (Å²) in [4.78, 5) is 25.1. The molecule has 9 heteroatoms. The van der Waals surface area contributed by atoms with Gasteiger partial charge in [-0.05, 0) is 6.07 Å². The fraction of sp³-hybridized carbons (Fsp3) is 0.182. The molecule has 0 aliphatic carbocycles. The van der Waals surface area contributed by atoms with Crippen LogP contribution in [-0.4, -0.2) is 28.8 Å². The first kappa shape index (κ1) is 15.5. The van der Waals surface area contributed by atoms with E-state index in [4.69, 9.17) is 5.11 Å². The molecule has 0 aliphatic heterocycles. The number of pyridine rings is 1. The predicted octanol–water partition coefficient (Wildman–Crippen LogP) is 2.53. The van der Waals surface area contributed by atoms with Crippen molar-refractivity contribution in [1.82, 2.24) is 4.98 Å². The molecule has 0 saturated carbocycles. The zero-order valence-electron chi connectivity index (χ0n) is 9.90. The van der Waals surface area contributed by atoms with Gasteiger partial charge in [0.2, 0.25) is 0 Å². The van der Waals surface area contributed by atoms with Gasteiger partial charge in [0.05, 0.1) is 17.4 Å². The molecule has 6 nitrogen and oxygen atoms in total. The highest BCUT2D eigenvalue weighted by Crippen LogP contribution is 2.29.